The Labute approximate surface area is 214 Å². The van der Waals surface area contributed by atoms with Crippen LogP contribution in [0.5, 0.6) is 0 Å². The van der Waals surface area contributed by atoms with Crippen molar-refractivity contribution < 1.29 is 9.59 Å². The van der Waals surface area contributed by atoms with Gasteiger partial charge < -0.3 is 20.0 Å². The molecule has 1 aliphatic rings. The molecule has 0 aromatic heterocycles. The lowest BCUT2D eigenvalue weighted by Crippen LogP contribution is -2.42. The van der Waals surface area contributed by atoms with Crippen molar-refractivity contribution >= 4 is 11.9 Å². The molecule has 0 saturated carbocycles. The van der Waals surface area contributed by atoms with Gasteiger partial charge in [-0.1, -0.05) is 66.2 Å². The van der Waals surface area contributed by atoms with Gasteiger partial charge in [-0.25, -0.2) is 4.79 Å². The van der Waals surface area contributed by atoms with Gasteiger partial charge in [0.05, 0.1) is 0 Å². The topological polar surface area (TPSA) is 55.9 Å². The quantitative estimate of drug-likeness (QED) is 0.548. The van der Waals surface area contributed by atoms with E-state index in [1.807, 2.05) is 53.1 Å². The summed E-state index contributed by atoms with van der Waals surface area (Å²) in [5.74, 6) is 0.0338. The molecule has 1 fully saturated rings. The first-order valence-corrected chi connectivity index (χ1v) is 12.6. The highest BCUT2D eigenvalue weighted by Gasteiger charge is 2.23. The number of aryl methyl sites for hydroxylation is 1. The summed E-state index contributed by atoms with van der Waals surface area (Å²) in [6.45, 7) is 5.71. The fourth-order valence-electron chi connectivity index (χ4n) is 4.68. The summed E-state index contributed by atoms with van der Waals surface area (Å²) in [6, 6.07) is 24.4. The molecule has 0 aliphatic carbocycles. The first-order chi connectivity index (χ1) is 17.4. The van der Waals surface area contributed by atoms with Crippen molar-refractivity contribution in [2.45, 2.75) is 26.4 Å². The number of nitrogens with one attached hydrogen (secondary N) is 1. The van der Waals surface area contributed by atoms with E-state index in [2.05, 4.69) is 60.7 Å². The van der Waals surface area contributed by atoms with Crippen LogP contribution in [0.2, 0.25) is 0 Å². The van der Waals surface area contributed by atoms with Crippen molar-refractivity contribution in [2.24, 2.45) is 0 Å². The Kier molecular flexibility index (Phi) is 8.39. The maximum atomic E-state index is 13.0. The molecule has 4 rings (SSSR count). The smallest absolute Gasteiger partial charge is 0.317 e. The highest BCUT2D eigenvalue weighted by Crippen LogP contribution is 2.24. The Morgan fingerprint density at radius 1 is 0.861 bits per heavy atom. The minimum Gasteiger partial charge on any atom is -0.337 e. The highest BCUT2D eigenvalue weighted by atomic mass is 16.2. The number of hydrogen-bond acceptors (Lipinski definition) is 3. The predicted molar refractivity (Wildman–Crippen MR) is 145 cm³/mol. The van der Waals surface area contributed by atoms with Gasteiger partial charge in [0.1, 0.15) is 0 Å². The average Bonchev–Trinajstić information content (AvgIpc) is 3.14. The predicted octanol–water partition coefficient (Wildman–Crippen LogP) is 4.78. The number of benzene rings is 3. The lowest BCUT2D eigenvalue weighted by Gasteiger charge is -2.23. The second-order valence-electron chi connectivity index (χ2n) is 9.75. The summed E-state index contributed by atoms with van der Waals surface area (Å²) in [5, 5.41) is 3.10. The third-order valence-electron chi connectivity index (χ3n) is 6.55. The molecule has 0 bridgehead atoms. The number of carbonyl (C=O) groups excluding carboxylic acids is 2. The Morgan fingerprint density at radius 2 is 1.58 bits per heavy atom. The van der Waals surface area contributed by atoms with Crippen LogP contribution in [0.15, 0.2) is 72.8 Å². The van der Waals surface area contributed by atoms with Crippen LogP contribution < -0.4 is 5.32 Å². The molecule has 0 unspecified atom stereocenters. The minimum absolute atomic E-state index is 0.0338. The third-order valence-corrected chi connectivity index (χ3v) is 6.55. The van der Waals surface area contributed by atoms with E-state index in [9.17, 15) is 9.59 Å². The van der Waals surface area contributed by atoms with Crippen LogP contribution in [0.1, 0.15) is 33.5 Å². The Morgan fingerprint density at radius 3 is 2.33 bits per heavy atom. The number of amides is 3. The summed E-state index contributed by atoms with van der Waals surface area (Å²) < 4.78 is 0. The van der Waals surface area contributed by atoms with Crippen LogP contribution in [-0.2, 0) is 13.1 Å². The lowest BCUT2D eigenvalue weighted by atomic mass is 9.98. The van der Waals surface area contributed by atoms with E-state index in [-0.39, 0.29) is 11.9 Å². The van der Waals surface area contributed by atoms with Gasteiger partial charge in [0.15, 0.2) is 0 Å². The van der Waals surface area contributed by atoms with E-state index in [0.29, 0.717) is 38.3 Å². The fraction of sp³-hybridized carbons (Fsp3) is 0.333. The lowest BCUT2D eigenvalue weighted by molar-refractivity contribution is 0.0762. The van der Waals surface area contributed by atoms with Crippen LogP contribution in [0, 0.1) is 6.92 Å². The van der Waals surface area contributed by atoms with Gasteiger partial charge in [0.2, 0.25) is 0 Å². The molecule has 6 nitrogen and oxygen atoms in total. The zero-order chi connectivity index (χ0) is 25.5. The largest absolute Gasteiger partial charge is 0.337 e. The molecule has 1 saturated heterocycles. The molecule has 6 heteroatoms. The van der Waals surface area contributed by atoms with Crippen LogP contribution in [0.25, 0.3) is 11.1 Å². The minimum atomic E-state index is -0.0870. The molecule has 36 heavy (non-hydrogen) atoms. The second kappa shape index (κ2) is 11.9. The maximum Gasteiger partial charge on any atom is 0.317 e. The zero-order valence-corrected chi connectivity index (χ0v) is 21.5. The number of rotatable bonds is 6. The van der Waals surface area contributed by atoms with E-state index in [0.717, 1.165) is 35.2 Å². The summed E-state index contributed by atoms with van der Waals surface area (Å²) >= 11 is 0. The average molecular weight is 485 g/mol. The van der Waals surface area contributed by atoms with Gasteiger partial charge in [0.25, 0.3) is 5.91 Å². The molecule has 1 N–H and O–H groups in total. The Hall–Kier alpha value is -3.64. The SMILES string of the molecule is Cc1cccc(C(=O)N2CCCN(C(=O)NCc3ccccc3-c3ccc(CN(C)C)cc3)CC2)c1. The molecule has 0 spiro atoms. The third kappa shape index (κ3) is 6.52. The number of nitrogens with zero attached hydrogens (tertiary/aromatic N) is 3. The summed E-state index contributed by atoms with van der Waals surface area (Å²) in [7, 11) is 4.13. The Balaban J connectivity index is 1.36. The van der Waals surface area contributed by atoms with Crippen LogP contribution in [0.4, 0.5) is 4.79 Å². The van der Waals surface area contributed by atoms with E-state index in [4.69, 9.17) is 0 Å². The molecule has 188 valence electrons. The summed E-state index contributed by atoms with van der Waals surface area (Å²) in [6.07, 6.45) is 0.765. The molecular formula is C30H36N4O2. The number of urea groups is 1. The van der Waals surface area contributed by atoms with E-state index in [1.54, 1.807) is 0 Å². The van der Waals surface area contributed by atoms with Crippen molar-refractivity contribution in [1.29, 1.82) is 0 Å². The fourth-order valence-corrected chi connectivity index (χ4v) is 4.68. The van der Waals surface area contributed by atoms with Crippen LogP contribution in [0.3, 0.4) is 0 Å². The van der Waals surface area contributed by atoms with E-state index < -0.39 is 0 Å². The zero-order valence-electron chi connectivity index (χ0n) is 21.5. The molecular weight excluding hydrogens is 448 g/mol. The maximum absolute atomic E-state index is 13.0. The van der Waals surface area contributed by atoms with Gasteiger partial charge in [-0.05, 0) is 61.8 Å². The van der Waals surface area contributed by atoms with Crippen molar-refractivity contribution in [1.82, 2.24) is 20.0 Å². The van der Waals surface area contributed by atoms with Crippen LogP contribution >= 0.6 is 0 Å². The van der Waals surface area contributed by atoms with Crippen molar-refractivity contribution in [3.05, 3.63) is 95.1 Å². The second-order valence-corrected chi connectivity index (χ2v) is 9.75. The highest BCUT2D eigenvalue weighted by molar-refractivity contribution is 5.94. The van der Waals surface area contributed by atoms with Gasteiger partial charge in [0, 0.05) is 44.8 Å². The summed E-state index contributed by atoms with van der Waals surface area (Å²) in [4.78, 5) is 31.8. The van der Waals surface area contributed by atoms with Crippen molar-refractivity contribution in [3.63, 3.8) is 0 Å². The molecule has 0 radical (unpaired) electrons. The number of hydrogen-bond donors (Lipinski definition) is 1. The standard InChI is InChI=1S/C30H36N4O2/c1-23-8-6-10-26(20-23)29(35)33-16-7-17-34(19-18-33)30(36)31-21-27-9-4-5-11-28(27)25-14-12-24(13-15-25)22-32(2)3/h4-6,8-15,20H,7,16-19,21-22H2,1-3H3,(H,31,36). The number of carbonyl (C=O) groups is 2. The van der Waals surface area contributed by atoms with Crippen molar-refractivity contribution in [3.8, 4) is 11.1 Å². The molecule has 3 aromatic rings. The monoisotopic (exact) mass is 484 g/mol. The first kappa shape index (κ1) is 25.5. The van der Waals surface area contributed by atoms with Crippen molar-refractivity contribution in [2.75, 3.05) is 40.3 Å². The molecule has 3 aromatic carbocycles. The molecule has 3 amide bonds. The molecule has 0 atom stereocenters. The van der Waals surface area contributed by atoms with Gasteiger partial charge in [-0.2, -0.15) is 0 Å². The van der Waals surface area contributed by atoms with Gasteiger partial charge in [-0.3, -0.25) is 4.79 Å². The van der Waals surface area contributed by atoms with E-state index >= 15 is 0 Å². The van der Waals surface area contributed by atoms with E-state index in [1.165, 1.54) is 5.56 Å². The van der Waals surface area contributed by atoms with Gasteiger partial charge in [-0.15, -0.1) is 0 Å². The van der Waals surface area contributed by atoms with Gasteiger partial charge >= 0.3 is 6.03 Å². The molecule has 1 aliphatic heterocycles. The summed E-state index contributed by atoms with van der Waals surface area (Å²) in [5.41, 5.74) is 6.39. The van der Waals surface area contributed by atoms with Crippen LogP contribution in [-0.4, -0.2) is 66.9 Å². The first-order valence-electron chi connectivity index (χ1n) is 12.6. The molecule has 1 heterocycles. The normalized spacial score (nSPS) is 14.0. The Bertz CT molecular complexity index is 1190.